The molecule has 0 unspecified atom stereocenters. The van der Waals surface area contributed by atoms with Crippen LogP contribution in [0.1, 0.15) is 0 Å². The average molecular weight is 391 g/mol. The van der Waals surface area contributed by atoms with E-state index in [9.17, 15) is 4.79 Å². The number of oxazole rings is 1. The highest BCUT2D eigenvalue weighted by atomic mass is 35.5. The molecule has 5 nitrogen and oxygen atoms in total. The summed E-state index contributed by atoms with van der Waals surface area (Å²) in [6.07, 6.45) is 0. The highest BCUT2D eigenvalue weighted by molar-refractivity contribution is 6.31. The van der Waals surface area contributed by atoms with Gasteiger partial charge in [0.2, 0.25) is 0 Å². The number of benzene rings is 3. The van der Waals surface area contributed by atoms with Crippen molar-refractivity contribution in [1.82, 2.24) is 4.98 Å². The van der Waals surface area contributed by atoms with E-state index >= 15 is 0 Å². The third kappa shape index (κ3) is 2.72. The van der Waals surface area contributed by atoms with E-state index in [-0.39, 0.29) is 5.43 Å². The van der Waals surface area contributed by atoms with Gasteiger partial charge in [0.1, 0.15) is 16.9 Å². The lowest BCUT2D eigenvalue weighted by Gasteiger charge is -2.05. The van der Waals surface area contributed by atoms with E-state index in [1.807, 2.05) is 56.6 Å². The molecule has 0 aliphatic rings. The fourth-order valence-corrected chi connectivity index (χ4v) is 3.45. The Morgan fingerprint density at radius 3 is 2.57 bits per heavy atom. The second-order valence-corrected chi connectivity index (χ2v) is 7.32. The number of hydrogen-bond acceptors (Lipinski definition) is 5. The highest BCUT2D eigenvalue weighted by Gasteiger charge is 2.12. The number of anilines is 1. The predicted molar refractivity (Wildman–Crippen MR) is 112 cm³/mol. The first kappa shape index (κ1) is 16.8. The van der Waals surface area contributed by atoms with E-state index in [1.54, 1.807) is 11.0 Å². The minimum atomic E-state index is -0.0975. The number of rotatable bonds is 2. The van der Waals surface area contributed by atoms with E-state index in [2.05, 4.69) is 4.98 Å². The molecule has 2 heterocycles. The van der Waals surface area contributed by atoms with Crippen LogP contribution in [0.3, 0.4) is 0 Å². The number of nitrogens with zero attached hydrogens (tertiary/aromatic N) is 2. The van der Waals surface area contributed by atoms with Gasteiger partial charge in [0.05, 0.1) is 5.39 Å². The van der Waals surface area contributed by atoms with Crippen LogP contribution in [0.25, 0.3) is 44.2 Å². The van der Waals surface area contributed by atoms with Gasteiger partial charge < -0.3 is 13.7 Å². The normalized spacial score (nSPS) is 11.5. The summed E-state index contributed by atoms with van der Waals surface area (Å²) in [6.45, 7) is 0. The fraction of sp³-hybridized carbons (Fsp3) is 0.0909. The van der Waals surface area contributed by atoms with Gasteiger partial charge in [0, 0.05) is 30.7 Å². The maximum absolute atomic E-state index is 12.7. The zero-order chi connectivity index (χ0) is 19.4. The minimum absolute atomic E-state index is 0.0975. The van der Waals surface area contributed by atoms with Crippen molar-refractivity contribution in [3.8, 4) is 11.3 Å². The predicted octanol–water partition coefficient (Wildman–Crippen LogP) is 5.47. The number of hydrogen-bond donors (Lipinski definition) is 0. The number of aromatic nitrogens is 1. The molecule has 0 aliphatic carbocycles. The molecule has 0 bridgehead atoms. The van der Waals surface area contributed by atoms with E-state index in [0.717, 1.165) is 21.9 Å². The lowest BCUT2D eigenvalue weighted by atomic mass is 10.1. The van der Waals surface area contributed by atoms with Gasteiger partial charge in [-0.3, -0.25) is 4.79 Å². The Bertz CT molecular complexity index is 1430. The third-order valence-corrected chi connectivity index (χ3v) is 4.93. The smallest absolute Gasteiger partial charge is 0.297 e. The SMILES string of the molecule is CN(C)c1nc2ccc(-c3cc(=O)c4cc5ccc(Cl)cc5cc4o3)cc2o1. The molecular weight excluding hydrogens is 376 g/mol. The van der Waals surface area contributed by atoms with Crippen LogP contribution in [0, 0.1) is 0 Å². The lowest BCUT2D eigenvalue weighted by molar-refractivity contribution is 0.595. The quantitative estimate of drug-likeness (QED) is 0.374. The van der Waals surface area contributed by atoms with Gasteiger partial charge in [-0.15, -0.1) is 0 Å². The van der Waals surface area contributed by atoms with Gasteiger partial charge in [0.15, 0.2) is 11.0 Å². The molecule has 3 aromatic carbocycles. The first-order chi connectivity index (χ1) is 13.5. The summed E-state index contributed by atoms with van der Waals surface area (Å²) in [5, 5.41) is 3.03. The van der Waals surface area contributed by atoms with E-state index in [1.165, 1.54) is 6.07 Å². The first-order valence-corrected chi connectivity index (χ1v) is 9.11. The topological polar surface area (TPSA) is 59.5 Å². The van der Waals surface area contributed by atoms with Crippen molar-refractivity contribution in [2.45, 2.75) is 0 Å². The summed E-state index contributed by atoms with van der Waals surface area (Å²) in [6, 6.07) is 16.8. The standard InChI is InChI=1S/C22H15ClN2O3/c1-25(2)22-24-17-6-4-13(9-21(17)28-22)19-11-18(26)16-8-12-3-5-15(23)7-14(12)10-20(16)27-19/h3-11H,1-2H3. The van der Waals surface area contributed by atoms with Crippen LogP contribution in [0.4, 0.5) is 6.01 Å². The number of fused-ring (bicyclic) bond motifs is 3. The molecule has 28 heavy (non-hydrogen) atoms. The minimum Gasteiger partial charge on any atom is -0.456 e. The van der Waals surface area contributed by atoms with Gasteiger partial charge in [0.25, 0.3) is 6.01 Å². The Hall–Kier alpha value is -3.31. The molecule has 5 aromatic rings. The molecule has 0 spiro atoms. The van der Waals surface area contributed by atoms with Crippen LogP contribution in [0.15, 0.2) is 68.2 Å². The van der Waals surface area contributed by atoms with Crippen molar-refractivity contribution in [3.63, 3.8) is 0 Å². The summed E-state index contributed by atoms with van der Waals surface area (Å²) >= 11 is 6.10. The average Bonchev–Trinajstić information content (AvgIpc) is 3.10. The summed E-state index contributed by atoms with van der Waals surface area (Å²) in [7, 11) is 3.73. The van der Waals surface area contributed by atoms with Crippen molar-refractivity contribution < 1.29 is 8.83 Å². The third-order valence-electron chi connectivity index (χ3n) is 4.69. The molecule has 0 saturated heterocycles. The summed E-state index contributed by atoms with van der Waals surface area (Å²) in [4.78, 5) is 18.9. The van der Waals surface area contributed by atoms with Crippen LogP contribution >= 0.6 is 11.6 Å². The molecule has 0 fully saturated rings. The van der Waals surface area contributed by atoms with Crippen molar-refractivity contribution in [1.29, 1.82) is 0 Å². The second kappa shape index (κ2) is 6.11. The van der Waals surface area contributed by atoms with Crippen LogP contribution in [-0.2, 0) is 0 Å². The summed E-state index contributed by atoms with van der Waals surface area (Å²) < 4.78 is 11.8. The molecule has 0 radical (unpaired) electrons. The summed E-state index contributed by atoms with van der Waals surface area (Å²) in [5.74, 6) is 0.476. The van der Waals surface area contributed by atoms with Crippen molar-refractivity contribution in [2.75, 3.05) is 19.0 Å². The van der Waals surface area contributed by atoms with Crippen molar-refractivity contribution >= 4 is 50.5 Å². The van der Waals surface area contributed by atoms with Crippen molar-refractivity contribution in [2.24, 2.45) is 0 Å². The maximum Gasteiger partial charge on any atom is 0.297 e. The summed E-state index contributed by atoms with van der Waals surface area (Å²) in [5.41, 5.74) is 2.55. The lowest BCUT2D eigenvalue weighted by Crippen LogP contribution is -2.08. The zero-order valence-electron chi connectivity index (χ0n) is 15.2. The Morgan fingerprint density at radius 2 is 1.75 bits per heavy atom. The molecule has 138 valence electrons. The van der Waals surface area contributed by atoms with Crippen LogP contribution < -0.4 is 10.3 Å². The Kier molecular flexibility index (Phi) is 3.67. The van der Waals surface area contributed by atoms with Crippen molar-refractivity contribution in [3.05, 3.63) is 69.8 Å². The first-order valence-electron chi connectivity index (χ1n) is 8.73. The van der Waals surface area contributed by atoms with E-state index in [0.29, 0.717) is 33.3 Å². The zero-order valence-corrected chi connectivity index (χ0v) is 15.9. The Morgan fingerprint density at radius 1 is 0.893 bits per heavy atom. The highest BCUT2D eigenvalue weighted by Crippen LogP contribution is 2.30. The van der Waals surface area contributed by atoms with Crippen LogP contribution in [0.5, 0.6) is 0 Å². The molecule has 0 atom stereocenters. The second-order valence-electron chi connectivity index (χ2n) is 6.89. The Labute approximate surface area is 164 Å². The fourth-order valence-electron chi connectivity index (χ4n) is 3.27. The van der Waals surface area contributed by atoms with Crippen LogP contribution in [-0.4, -0.2) is 19.1 Å². The molecule has 0 saturated carbocycles. The molecule has 0 N–H and O–H groups in total. The molecule has 0 aliphatic heterocycles. The van der Waals surface area contributed by atoms with Crippen LogP contribution in [0.2, 0.25) is 5.02 Å². The largest absolute Gasteiger partial charge is 0.456 e. The van der Waals surface area contributed by atoms with Gasteiger partial charge in [-0.25, -0.2) is 0 Å². The van der Waals surface area contributed by atoms with Gasteiger partial charge >= 0.3 is 0 Å². The maximum atomic E-state index is 12.7. The molecule has 0 amide bonds. The Balaban J connectivity index is 1.70. The van der Waals surface area contributed by atoms with Gasteiger partial charge in [-0.05, 0) is 53.2 Å². The van der Waals surface area contributed by atoms with Gasteiger partial charge in [-0.1, -0.05) is 17.7 Å². The molecular formula is C22H15ClN2O3. The molecule has 2 aromatic heterocycles. The van der Waals surface area contributed by atoms with Gasteiger partial charge in [-0.2, -0.15) is 4.98 Å². The van der Waals surface area contributed by atoms with E-state index < -0.39 is 0 Å². The van der Waals surface area contributed by atoms with E-state index in [4.69, 9.17) is 20.4 Å². The molecule has 5 rings (SSSR count). The monoisotopic (exact) mass is 390 g/mol. The molecule has 6 heteroatoms. The number of halogens is 1.